The number of aromatic nitrogens is 1. The van der Waals surface area contributed by atoms with Crippen molar-refractivity contribution in [1.29, 1.82) is 0 Å². The average molecular weight is 289 g/mol. The zero-order valence-electron chi connectivity index (χ0n) is 9.78. The van der Waals surface area contributed by atoms with E-state index >= 15 is 0 Å². The van der Waals surface area contributed by atoms with Crippen LogP contribution in [-0.2, 0) is 4.79 Å². The Labute approximate surface area is 110 Å². The number of nitrogen functional groups attached to an aromatic ring is 1. The third-order valence-corrected chi connectivity index (χ3v) is 3.38. The van der Waals surface area contributed by atoms with Crippen LogP contribution in [0.4, 0.5) is 18.3 Å². The van der Waals surface area contributed by atoms with E-state index in [1.54, 1.807) is 18.2 Å². The Kier molecular flexibility index (Phi) is 3.36. The van der Waals surface area contributed by atoms with Crippen molar-refractivity contribution in [3.05, 3.63) is 23.8 Å². The van der Waals surface area contributed by atoms with Crippen molar-refractivity contribution in [2.45, 2.75) is 19.1 Å². The molecule has 0 saturated heterocycles. The highest BCUT2D eigenvalue weighted by atomic mass is 32.1. The molecule has 3 N–H and O–H groups in total. The molecule has 0 aliphatic carbocycles. The van der Waals surface area contributed by atoms with Crippen LogP contribution in [0.15, 0.2) is 18.2 Å². The molecule has 1 aromatic heterocycles. The minimum absolute atomic E-state index is 0.388. The van der Waals surface area contributed by atoms with E-state index in [1.807, 2.05) is 5.32 Å². The van der Waals surface area contributed by atoms with Gasteiger partial charge in [0.1, 0.15) is 0 Å². The molecule has 0 saturated carbocycles. The molecule has 2 aromatic rings. The van der Waals surface area contributed by atoms with E-state index in [0.717, 1.165) is 4.70 Å². The lowest BCUT2D eigenvalue weighted by Gasteiger charge is -2.15. The van der Waals surface area contributed by atoms with E-state index in [-0.39, 0.29) is 0 Å². The van der Waals surface area contributed by atoms with Crippen molar-refractivity contribution < 1.29 is 18.0 Å². The highest BCUT2D eigenvalue weighted by Crippen LogP contribution is 2.27. The van der Waals surface area contributed by atoms with Gasteiger partial charge in [0.2, 0.25) is 0 Å². The number of hydrogen-bond acceptors (Lipinski definition) is 4. The first-order valence-corrected chi connectivity index (χ1v) is 6.12. The molecule has 1 heterocycles. The zero-order chi connectivity index (χ0) is 14.2. The summed E-state index contributed by atoms with van der Waals surface area (Å²) >= 11 is 1.24. The van der Waals surface area contributed by atoms with Crippen LogP contribution in [0.25, 0.3) is 10.2 Å². The lowest BCUT2D eigenvalue weighted by Crippen LogP contribution is -2.38. The van der Waals surface area contributed by atoms with Gasteiger partial charge in [0.15, 0.2) is 5.13 Å². The normalized spacial score (nSPS) is 13.5. The van der Waals surface area contributed by atoms with Crippen LogP contribution in [0.1, 0.15) is 18.5 Å². The summed E-state index contributed by atoms with van der Waals surface area (Å²) in [5.41, 5.74) is 6.79. The van der Waals surface area contributed by atoms with Crippen molar-refractivity contribution in [2.75, 3.05) is 5.73 Å². The van der Waals surface area contributed by atoms with Crippen molar-refractivity contribution >= 4 is 32.6 Å². The summed E-state index contributed by atoms with van der Waals surface area (Å²) in [4.78, 5) is 14.9. The minimum Gasteiger partial charge on any atom is -0.375 e. The molecule has 0 radical (unpaired) electrons. The Balaban J connectivity index is 2.21. The topological polar surface area (TPSA) is 68.0 Å². The number of rotatable bonds is 2. The zero-order valence-corrected chi connectivity index (χ0v) is 10.6. The van der Waals surface area contributed by atoms with Gasteiger partial charge in [0.25, 0.3) is 0 Å². The van der Waals surface area contributed by atoms with Crippen molar-refractivity contribution in [1.82, 2.24) is 10.3 Å². The molecule has 0 aliphatic rings. The lowest BCUT2D eigenvalue weighted by atomic mass is 10.1. The van der Waals surface area contributed by atoms with Gasteiger partial charge in [0.05, 0.1) is 16.3 Å². The largest absolute Gasteiger partial charge is 0.471 e. The Bertz CT molecular complexity index is 623. The molecule has 19 heavy (non-hydrogen) atoms. The van der Waals surface area contributed by atoms with E-state index in [1.165, 1.54) is 18.3 Å². The number of fused-ring (bicyclic) bond motifs is 1. The van der Waals surface area contributed by atoms with Crippen LogP contribution in [0, 0.1) is 0 Å². The van der Waals surface area contributed by atoms with Crippen LogP contribution in [-0.4, -0.2) is 17.1 Å². The fraction of sp³-hybridized carbons (Fsp3) is 0.273. The molecule has 0 fully saturated rings. The molecule has 8 heteroatoms. The smallest absolute Gasteiger partial charge is 0.375 e. The summed E-state index contributed by atoms with van der Waals surface area (Å²) in [6.07, 6.45) is -4.88. The number of amides is 1. The van der Waals surface area contributed by atoms with E-state index in [0.29, 0.717) is 16.2 Å². The van der Waals surface area contributed by atoms with Crippen LogP contribution in [0.2, 0.25) is 0 Å². The number of alkyl halides is 3. The first kappa shape index (κ1) is 13.6. The monoisotopic (exact) mass is 289 g/mol. The van der Waals surface area contributed by atoms with E-state index in [9.17, 15) is 18.0 Å². The number of nitrogens with zero attached hydrogens (tertiary/aromatic N) is 1. The molecule has 0 bridgehead atoms. The molecular formula is C11H10F3N3OS. The van der Waals surface area contributed by atoms with Crippen molar-refractivity contribution in [2.24, 2.45) is 0 Å². The number of carbonyl (C=O) groups is 1. The number of nitrogens with one attached hydrogen (secondary N) is 1. The van der Waals surface area contributed by atoms with E-state index in [4.69, 9.17) is 5.73 Å². The van der Waals surface area contributed by atoms with Crippen LogP contribution >= 0.6 is 11.3 Å². The second kappa shape index (κ2) is 4.69. The van der Waals surface area contributed by atoms with Crippen LogP contribution in [0.5, 0.6) is 0 Å². The molecule has 1 amide bonds. The predicted octanol–water partition coefficient (Wildman–Crippen LogP) is 2.62. The number of benzene rings is 1. The number of halogens is 3. The fourth-order valence-electron chi connectivity index (χ4n) is 1.59. The number of thiazole rings is 1. The SMILES string of the molecule is CC(NC(=O)C(F)(F)F)c1ccc2nc(N)sc2c1. The summed E-state index contributed by atoms with van der Waals surface area (Å²) in [6.45, 7) is 1.48. The minimum atomic E-state index is -4.88. The van der Waals surface area contributed by atoms with Crippen molar-refractivity contribution in [3.63, 3.8) is 0 Å². The summed E-state index contributed by atoms with van der Waals surface area (Å²) in [5, 5.41) is 2.28. The third kappa shape index (κ3) is 2.95. The standard InChI is InChI=1S/C11H10F3N3OS/c1-5(16-9(18)11(12,13)14)6-2-3-7-8(4-6)19-10(15)17-7/h2-5H,1H3,(H2,15,17)(H,16,18). The summed E-state index contributed by atoms with van der Waals surface area (Å²) in [5.74, 6) is -1.95. The molecule has 4 nitrogen and oxygen atoms in total. The van der Waals surface area contributed by atoms with Gasteiger partial charge in [-0.3, -0.25) is 4.79 Å². The second-order valence-electron chi connectivity index (χ2n) is 3.97. The number of anilines is 1. The van der Waals surface area contributed by atoms with Gasteiger partial charge in [-0.05, 0) is 24.6 Å². The molecular weight excluding hydrogens is 279 g/mol. The number of hydrogen-bond donors (Lipinski definition) is 2. The predicted molar refractivity (Wildman–Crippen MR) is 66.6 cm³/mol. The van der Waals surface area contributed by atoms with Gasteiger partial charge in [-0.2, -0.15) is 13.2 Å². The number of nitrogens with two attached hydrogens (primary N) is 1. The maximum atomic E-state index is 12.1. The third-order valence-electron chi connectivity index (χ3n) is 2.53. The Morgan fingerprint density at radius 2 is 2.16 bits per heavy atom. The summed E-state index contributed by atoms with van der Waals surface area (Å²) in [7, 11) is 0. The summed E-state index contributed by atoms with van der Waals surface area (Å²) < 4.78 is 37.2. The Morgan fingerprint density at radius 3 is 2.79 bits per heavy atom. The molecule has 102 valence electrons. The van der Waals surface area contributed by atoms with Gasteiger partial charge >= 0.3 is 12.1 Å². The van der Waals surface area contributed by atoms with E-state index < -0.39 is 18.1 Å². The maximum absolute atomic E-state index is 12.1. The Hall–Kier alpha value is -1.83. The highest BCUT2D eigenvalue weighted by Gasteiger charge is 2.39. The van der Waals surface area contributed by atoms with Crippen LogP contribution < -0.4 is 11.1 Å². The lowest BCUT2D eigenvalue weighted by molar-refractivity contribution is -0.174. The van der Waals surface area contributed by atoms with Gasteiger partial charge in [-0.15, -0.1) is 0 Å². The molecule has 0 spiro atoms. The Morgan fingerprint density at radius 1 is 1.47 bits per heavy atom. The molecule has 1 atom stereocenters. The molecule has 1 aromatic carbocycles. The maximum Gasteiger partial charge on any atom is 0.471 e. The quantitative estimate of drug-likeness (QED) is 0.893. The van der Waals surface area contributed by atoms with Crippen molar-refractivity contribution in [3.8, 4) is 0 Å². The first-order chi connectivity index (χ1) is 8.77. The van der Waals surface area contributed by atoms with E-state index in [2.05, 4.69) is 4.98 Å². The molecule has 1 unspecified atom stereocenters. The first-order valence-electron chi connectivity index (χ1n) is 5.31. The van der Waals surface area contributed by atoms with Gasteiger partial charge < -0.3 is 11.1 Å². The molecule has 0 aliphatic heterocycles. The van der Waals surface area contributed by atoms with Gasteiger partial charge in [0, 0.05) is 0 Å². The second-order valence-corrected chi connectivity index (χ2v) is 5.03. The van der Waals surface area contributed by atoms with Gasteiger partial charge in [-0.1, -0.05) is 17.4 Å². The average Bonchev–Trinajstić information content (AvgIpc) is 2.66. The van der Waals surface area contributed by atoms with Gasteiger partial charge in [-0.25, -0.2) is 4.98 Å². The molecule has 2 rings (SSSR count). The fourth-order valence-corrected chi connectivity index (χ4v) is 2.37. The number of carbonyl (C=O) groups excluding carboxylic acids is 1. The summed E-state index contributed by atoms with van der Waals surface area (Å²) in [6, 6.07) is 4.20. The highest BCUT2D eigenvalue weighted by molar-refractivity contribution is 7.22. The van der Waals surface area contributed by atoms with Crippen LogP contribution in [0.3, 0.4) is 0 Å².